The van der Waals surface area contributed by atoms with Gasteiger partial charge in [0.05, 0.1) is 0 Å². The molecule has 0 bridgehead atoms. The van der Waals surface area contributed by atoms with Crippen molar-refractivity contribution in [1.29, 1.82) is 0 Å². The van der Waals surface area contributed by atoms with E-state index in [2.05, 4.69) is 31.2 Å². The zero-order chi connectivity index (χ0) is 20.8. The topological polar surface area (TPSA) is 49.9 Å². The number of aryl methyl sites for hydroxylation is 4. The highest BCUT2D eigenvalue weighted by molar-refractivity contribution is 5.79. The van der Waals surface area contributed by atoms with Gasteiger partial charge in [-0.3, -0.25) is 9.59 Å². The van der Waals surface area contributed by atoms with Gasteiger partial charge in [0.1, 0.15) is 5.75 Å². The van der Waals surface area contributed by atoms with E-state index in [-0.39, 0.29) is 18.4 Å². The van der Waals surface area contributed by atoms with Crippen molar-refractivity contribution < 1.29 is 14.3 Å². The number of carbonyl (C=O) groups excluding carboxylic acids is 2. The lowest BCUT2D eigenvalue weighted by atomic mass is 10.1. The Morgan fingerprint density at radius 2 is 1.41 bits per heavy atom. The van der Waals surface area contributed by atoms with Crippen molar-refractivity contribution in [3.63, 3.8) is 0 Å². The third-order valence-electron chi connectivity index (χ3n) is 5.41. The van der Waals surface area contributed by atoms with Gasteiger partial charge in [-0.1, -0.05) is 47.5 Å². The first-order valence-electron chi connectivity index (χ1n) is 10.2. The number of ether oxygens (including phenoxy) is 1. The van der Waals surface area contributed by atoms with Crippen LogP contribution in [0.4, 0.5) is 0 Å². The van der Waals surface area contributed by atoms with Gasteiger partial charge in [-0.15, -0.1) is 0 Å². The van der Waals surface area contributed by atoms with Gasteiger partial charge >= 0.3 is 0 Å². The monoisotopic (exact) mass is 394 g/mol. The molecule has 1 aliphatic rings. The molecule has 0 spiro atoms. The highest BCUT2D eigenvalue weighted by atomic mass is 16.5. The van der Waals surface area contributed by atoms with Crippen LogP contribution < -0.4 is 4.74 Å². The summed E-state index contributed by atoms with van der Waals surface area (Å²) in [7, 11) is 0. The molecule has 0 aliphatic carbocycles. The summed E-state index contributed by atoms with van der Waals surface area (Å²) >= 11 is 0. The van der Waals surface area contributed by atoms with E-state index in [9.17, 15) is 9.59 Å². The summed E-state index contributed by atoms with van der Waals surface area (Å²) < 4.78 is 5.71. The van der Waals surface area contributed by atoms with Crippen LogP contribution in [0.15, 0.2) is 42.5 Å². The maximum absolute atomic E-state index is 12.5. The second-order valence-electron chi connectivity index (χ2n) is 7.80. The molecule has 3 rings (SSSR count). The van der Waals surface area contributed by atoms with Gasteiger partial charge in [-0.25, -0.2) is 0 Å². The number of rotatable bonds is 6. The molecule has 154 valence electrons. The van der Waals surface area contributed by atoms with Crippen molar-refractivity contribution in [3.05, 3.63) is 64.7 Å². The number of amides is 2. The van der Waals surface area contributed by atoms with Gasteiger partial charge < -0.3 is 14.5 Å². The predicted molar refractivity (Wildman–Crippen MR) is 114 cm³/mol. The van der Waals surface area contributed by atoms with Gasteiger partial charge in [-0.05, 0) is 44.4 Å². The van der Waals surface area contributed by atoms with Gasteiger partial charge in [-0.2, -0.15) is 0 Å². The van der Waals surface area contributed by atoms with E-state index in [4.69, 9.17) is 4.74 Å². The predicted octanol–water partition coefficient (Wildman–Crippen LogP) is 3.29. The van der Waals surface area contributed by atoms with Gasteiger partial charge in [0, 0.05) is 32.6 Å². The second kappa shape index (κ2) is 9.59. The standard InChI is InChI=1S/C24H30N2O3/c1-18-4-7-21(8-5-18)9-11-23(27)25-12-14-26(15-13-25)24(28)17-29-22-10-6-19(2)16-20(22)3/h4-8,10,16H,9,11-15,17H2,1-3H3. The minimum atomic E-state index is -0.0308. The molecular weight excluding hydrogens is 364 g/mol. The minimum absolute atomic E-state index is 0.0308. The molecule has 0 aromatic heterocycles. The molecule has 2 amide bonds. The molecular formula is C24H30N2O3. The second-order valence-corrected chi connectivity index (χ2v) is 7.80. The Bertz CT molecular complexity index is 853. The van der Waals surface area contributed by atoms with Crippen LogP contribution in [-0.4, -0.2) is 54.4 Å². The molecule has 1 heterocycles. The molecule has 2 aromatic carbocycles. The number of carbonyl (C=O) groups is 2. The lowest BCUT2D eigenvalue weighted by Gasteiger charge is -2.34. The Morgan fingerprint density at radius 3 is 2.03 bits per heavy atom. The van der Waals surface area contributed by atoms with Gasteiger partial charge in [0.25, 0.3) is 5.91 Å². The maximum Gasteiger partial charge on any atom is 0.260 e. The normalized spacial score (nSPS) is 14.0. The Labute approximate surface area is 173 Å². The molecule has 0 N–H and O–H groups in total. The summed E-state index contributed by atoms with van der Waals surface area (Å²) in [5.74, 6) is 0.870. The van der Waals surface area contributed by atoms with Gasteiger partial charge in [0.15, 0.2) is 6.61 Å². The summed E-state index contributed by atoms with van der Waals surface area (Å²) in [6.45, 7) is 8.39. The SMILES string of the molecule is Cc1ccc(CCC(=O)N2CCN(C(=O)COc3ccc(C)cc3C)CC2)cc1. The third-order valence-corrected chi connectivity index (χ3v) is 5.41. The van der Waals surface area contributed by atoms with E-state index in [0.717, 1.165) is 17.7 Å². The average Bonchev–Trinajstić information content (AvgIpc) is 2.72. The summed E-state index contributed by atoms with van der Waals surface area (Å²) in [5, 5.41) is 0. The van der Waals surface area contributed by atoms with Crippen molar-refractivity contribution in [2.24, 2.45) is 0 Å². The average molecular weight is 395 g/mol. The Balaban J connectivity index is 1.41. The molecule has 2 aromatic rings. The molecule has 5 heteroatoms. The van der Waals surface area contributed by atoms with E-state index < -0.39 is 0 Å². The van der Waals surface area contributed by atoms with Crippen LogP contribution in [-0.2, 0) is 16.0 Å². The highest BCUT2D eigenvalue weighted by Crippen LogP contribution is 2.19. The minimum Gasteiger partial charge on any atom is -0.484 e. The van der Waals surface area contributed by atoms with Crippen LogP contribution in [0, 0.1) is 20.8 Å². The summed E-state index contributed by atoms with van der Waals surface area (Å²) in [4.78, 5) is 28.6. The number of hydrogen-bond acceptors (Lipinski definition) is 3. The number of hydrogen-bond donors (Lipinski definition) is 0. The molecule has 1 saturated heterocycles. The smallest absolute Gasteiger partial charge is 0.260 e. The summed E-state index contributed by atoms with van der Waals surface area (Å²) in [6.07, 6.45) is 1.26. The molecule has 0 radical (unpaired) electrons. The largest absolute Gasteiger partial charge is 0.484 e. The fraction of sp³-hybridized carbons (Fsp3) is 0.417. The van der Waals surface area contributed by atoms with E-state index >= 15 is 0 Å². The lowest BCUT2D eigenvalue weighted by molar-refractivity contribution is -0.140. The fourth-order valence-electron chi connectivity index (χ4n) is 3.56. The first kappa shape index (κ1) is 20.9. The van der Waals surface area contributed by atoms with Crippen molar-refractivity contribution in [1.82, 2.24) is 9.80 Å². The molecule has 0 unspecified atom stereocenters. The highest BCUT2D eigenvalue weighted by Gasteiger charge is 2.24. The number of benzene rings is 2. The van der Waals surface area contributed by atoms with Gasteiger partial charge in [0.2, 0.25) is 5.91 Å². The quantitative estimate of drug-likeness (QED) is 0.755. The van der Waals surface area contributed by atoms with E-state index in [0.29, 0.717) is 32.6 Å². The van der Waals surface area contributed by atoms with E-state index in [1.807, 2.05) is 36.9 Å². The third kappa shape index (κ3) is 5.83. The van der Waals surface area contributed by atoms with E-state index in [1.165, 1.54) is 16.7 Å². The first-order chi connectivity index (χ1) is 13.9. The van der Waals surface area contributed by atoms with Crippen molar-refractivity contribution in [2.75, 3.05) is 32.8 Å². The summed E-state index contributed by atoms with van der Waals surface area (Å²) in [5.41, 5.74) is 4.61. The zero-order valence-electron chi connectivity index (χ0n) is 17.6. The summed E-state index contributed by atoms with van der Waals surface area (Å²) in [6, 6.07) is 14.2. The van der Waals surface area contributed by atoms with Crippen LogP contribution in [0.5, 0.6) is 5.75 Å². The van der Waals surface area contributed by atoms with Crippen LogP contribution in [0.3, 0.4) is 0 Å². The van der Waals surface area contributed by atoms with E-state index in [1.54, 1.807) is 4.90 Å². The number of nitrogens with zero attached hydrogens (tertiary/aromatic N) is 2. The maximum atomic E-state index is 12.5. The Morgan fingerprint density at radius 1 is 0.828 bits per heavy atom. The van der Waals surface area contributed by atoms with Crippen molar-refractivity contribution in [2.45, 2.75) is 33.6 Å². The van der Waals surface area contributed by atoms with Crippen LogP contribution in [0.1, 0.15) is 28.7 Å². The van der Waals surface area contributed by atoms with Crippen LogP contribution in [0.25, 0.3) is 0 Å². The van der Waals surface area contributed by atoms with Crippen LogP contribution >= 0.6 is 0 Å². The number of piperazine rings is 1. The molecule has 29 heavy (non-hydrogen) atoms. The van der Waals surface area contributed by atoms with Crippen molar-refractivity contribution >= 4 is 11.8 Å². The fourth-order valence-corrected chi connectivity index (χ4v) is 3.56. The molecule has 0 saturated carbocycles. The Hall–Kier alpha value is -2.82. The molecule has 5 nitrogen and oxygen atoms in total. The first-order valence-corrected chi connectivity index (χ1v) is 10.2. The van der Waals surface area contributed by atoms with Crippen molar-refractivity contribution in [3.8, 4) is 5.75 Å². The Kier molecular flexibility index (Phi) is 6.91. The lowest BCUT2D eigenvalue weighted by Crippen LogP contribution is -2.51. The van der Waals surface area contributed by atoms with Crippen LogP contribution in [0.2, 0.25) is 0 Å². The molecule has 0 atom stereocenters. The molecule has 1 fully saturated rings. The molecule has 1 aliphatic heterocycles. The zero-order valence-corrected chi connectivity index (χ0v) is 17.6.